The molecule has 0 bridgehead atoms. The predicted octanol–water partition coefficient (Wildman–Crippen LogP) is 4.13. The van der Waals surface area contributed by atoms with Gasteiger partial charge < -0.3 is 15.2 Å². The number of hydrogen-bond acceptors (Lipinski definition) is 3. The lowest BCUT2D eigenvalue weighted by atomic mass is 9.81. The van der Waals surface area contributed by atoms with Gasteiger partial charge in [-0.25, -0.2) is 4.39 Å². The van der Waals surface area contributed by atoms with Gasteiger partial charge >= 0.3 is 5.97 Å². The predicted molar refractivity (Wildman–Crippen MR) is 107 cm³/mol. The van der Waals surface area contributed by atoms with E-state index in [9.17, 15) is 14.0 Å². The molecule has 0 radical (unpaired) electrons. The van der Waals surface area contributed by atoms with Crippen LogP contribution in [0.2, 0.25) is 0 Å². The minimum absolute atomic E-state index is 0.0585. The highest BCUT2D eigenvalue weighted by atomic mass is 19.1. The molecule has 6 heteroatoms. The molecule has 1 unspecified atom stereocenters. The summed E-state index contributed by atoms with van der Waals surface area (Å²) >= 11 is 0. The molecule has 1 saturated carbocycles. The fourth-order valence-corrected chi connectivity index (χ4v) is 3.84. The van der Waals surface area contributed by atoms with E-state index in [1.54, 1.807) is 19.2 Å². The maximum absolute atomic E-state index is 13.2. The third-order valence-corrected chi connectivity index (χ3v) is 5.63. The van der Waals surface area contributed by atoms with E-state index in [4.69, 9.17) is 9.84 Å². The maximum atomic E-state index is 13.2. The van der Waals surface area contributed by atoms with E-state index in [-0.39, 0.29) is 29.6 Å². The fourth-order valence-electron chi connectivity index (χ4n) is 3.84. The van der Waals surface area contributed by atoms with Crippen molar-refractivity contribution in [1.29, 1.82) is 0 Å². The van der Waals surface area contributed by atoms with Crippen LogP contribution in [0.15, 0.2) is 48.5 Å². The average Bonchev–Trinajstić information content (AvgIpc) is 2.75. The number of nitrogens with one attached hydrogen (secondary N) is 1. The molecule has 1 amide bonds. The molecule has 3 rings (SSSR count). The number of halogens is 1. The largest absolute Gasteiger partial charge is 0.497 e. The van der Waals surface area contributed by atoms with E-state index >= 15 is 0 Å². The van der Waals surface area contributed by atoms with Crippen LogP contribution >= 0.6 is 0 Å². The van der Waals surface area contributed by atoms with Gasteiger partial charge in [0.2, 0.25) is 5.91 Å². The first kappa shape index (κ1) is 20.8. The van der Waals surface area contributed by atoms with Gasteiger partial charge in [0.15, 0.2) is 0 Å². The quantitative estimate of drug-likeness (QED) is 0.734. The highest BCUT2D eigenvalue weighted by molar-refractivity contribution is 5.79. The molecule has 0 saturated heterocycles. The highest BCUT2D eigenvalue weighted by Crippen LogP contribution is 2.30. The second-order valence-electron chi connectivity index (χ2n) is 7.55. The molecule has 0 aliphatic heterocycles. The van der Waals surface area contributed by atoms with Gasteiger partial charge in [0.25, 0.3) is 0 Å². The van der Waals surface area contributed by atoms with Crippen molar-refractivity contribution in [2.75, 3.05) is 7.11 Å². The van der Waals surface area contributed by atoms with Crippen LogP contribution in [0.25, 0.3) is 0 Å². The van der Waals surface area contributed by atoms with Crippen LogP contribution in [0.3, 0.4) is 0 Å². The normalized spacial score (nSPS) is 19.9. The number of carbonyl (C=O) groups is 2. The van der Waals surface area contributed by atoms with Gasteiger partial charge in [-0.15, -0.1) is 0 Å². The SMILES string of the molecule is COc1ccc(C(Cc2ccc(F)cc2)NC(=O)C2CCC(C(=O)O)CC2)cc1. The van der Waals surface area contributed by atoms with Crippen molar-refractivity contribution in [2.24, 2.45) is 11.8 Å². The average molecular weight is 399 g/mol. The minimum atomic E-state index is -0.781. The summed E-state index contributed by atoms with van der Waals surface area (Å²) in [5.74, 6) is -0.940. The number of aliphatic carboxylic acids is 1. The van der Waals surface area contributed by atoms with Gasteiger partial charge in [0.1, 0.15) is 11.6 Å². The molecular formula is C23H26FNO4. The molecule has 0 heterocycles. The lowest BCUT2D eigenvalue weighted by Crippen LogP contribution is -2.37. The van der Waals surface area contributed by atoms with Gasteiger partial charge in [-0.05, 0) is 67.5 Å². The molecule has 1 aliphatic carbocycles. The van der Waals surface area contributed by atoms with Gasteiger partial charge in [-0.2, -0.15) is 0 Å². The second kappa shape index (κ2) is 9.54. The van der Waals surface area contributed by atoms with Gasteiger partial charge in [0.05, 0.1) is 19.1 Å². The Hall–Kier alpha value is -2.89. The topological polar surface area (TPSA) is 75.6 Å². The Bertz CT molecular complexity index is 827. The van der Waals surface area contributed by atoms with Crippen molar-refractivity contribution < 1.29 is 23.8 Å². The fraction of sp³-hybridized carbons (Fsp3) is 0.391. The number of hydrogen-bond donors (Lipinski definition) is 2. The molecule has 1 atom stereocenters. The van der Waals surface area contributed by atoms with Crippen LogP contribution in [0, 0.1) is 17.7 Å². The van der Waals surface area contributed by atoms with Crippen LogP contribution in [0.1, 0.15) is 42.9 Å². The van der Waals surface area contributed by atoms with Crippen molar-refractivity contribution in [3.8, 4) is 5.75 Å². The van der Waals surface area contributed by atoms with Crippen molar-refractivity contribution in [2.45, 2.75) is 38.1 Å². The molecule has 5 nitrogen and oxygen atoms in total. The Kier molecular flexibility index (Phi) is 6.86. The Morgan fingerprint density at radius 3 is 2.17 bits per heavy atom. The summed E-state index contributed by atoms with van der Waals surface area (Å²) in [6.45, 7) is 0. The Morgan fingerprint density at radius 2 is 1.62 bits per heavy atom. The number of amides is 1. The number of methoxy groups -OCH3 is 1. The number of carboxylic acids is 1. The zero-order valence-electron chi connectivity index (χ0n) is 16.4. The Morgan fingerprint density at radius 1 is 1.03 bits per heavy atom. The lowest BCUT2D eigenvalue weighted by molar-refractivity contribution is -0.144. The summed E-state index contributed by atoms with van der Waals surface area (Å²) in [6, 6.07) is 13.5. The molecule has 2 aromatic rings. The zero-order valence-corrected chi connectivity index (χ0v) is 16.4. The van der Waals surface area contributed by atoms with Crippen LogP contribution in [0.4, 0.5) is 4.39 Å². The summed E-state index contributed by atoms with van der Waals surface area (Å²) < 4.78 is 18.5. The van der Waals surface area contributed by atoms with E-state index < -0.39 is 5.97 Å². The Labute approximate surface area is 169 Å². The first-order valence-corrected chi connectivity index (χ1v) is 9.88. The maximum Gasteiger partial charge on any atom is 0.306 e. The molecule has 29 heavy (non-hydrogen) atoms. The summed E-state index contributed by atoms with van der Waals surface area (Å²) in [6.07, 6.45) is 2.74. The molecule has 0 spiro atoms. The van der Waals surface area contributed by atoms with Gasteiger partial charge in [-0.1, -0.05) is 24.3 Å². The number of benzene rings is 2. The summed E-state index contributed by atoms with van der Waals surface area (Å²) in [7, 11) is 1.60. The van der Waals surface area contributed by atoms with Gasteiger partial charge in [-0.3, -0.25) is 9.59 Å². The van der Waals surface area contributed by atoms with Crippen molar-refractivity contribution in [3.63, 3.8) is 0 Å². The summed E-state index contributed by atoms with van der Waals surface area (Å²) in [5.41, 5.74) is 1.85. The number of ether oxygens (including phenoxy) is 1. The highest BCUT2D eigenvalue weighted by Gasteiger charge is 2.30. The molecule has 2 aromatic carbocycles. The molecular weight excluding hydrogens is 373 g/mol. The zero-order chi connectivity index (χ0) is 20.8. The smallest absolute Gasteiger partial charge is 0.306 e. The molecule has 1 fully saturated rings. The molecule has 154 valence electrons. The monoisotopic (exact) mass is 399 g/mol. The first-order valence-electron chi connectivity index (χ1n) is 9.88. The second-order valence-corrected chi connectivity index (χ2v) is 7.55. The van der Waals surface area contributed by atoms with Crippen molar-refractivity contribution >= 4 is 11.9 Å². The molecule has 2 N–H and O–H groups in total. The van der Waals surface area contributed by atoms with Crippen LogP contribution in [0.5, 0.6) is 5.75 Å². The Balaban J connectivity index is 1.72. The summed E-state index contributed by atoms with van der Waals surface area (Å²) in [4.78, 5) is 24.0. The van der Waals surface area contributed by atoms with E-state index in [2.05, 4.69) is 5.32 Å². The number of carboxylic acid groups (broad SMARTS) is 1. The van der Waals surface area contributed by atoms with Crippen LogP contribution in [-0.2, 0) is 16.0 Å². The van der Waals surface area contributed by atoms with E-state index in [1.807, 2.05) is 24.3 Å². The third kappa shape index (κ3) is 5.56. The molecule has 0 aromatic heterocycles. The third-order valence-electron chi connectivity index (χ3n) is 5.63. The van der Waals surface area contributed by atoms with Crippen molar-refractivity contribution in [3.05, 3.63) is 65.5 Å². The van der Waals surface area contributed by atoms with Crippen LogP contribution < -0.4 is 10.1 Å². The lowest BCUT2D eigenvalue weighted by Gasteiger charge is -2.28. The van der Waals surface area contributed by atoms with E-state index in [1.165, 1.54) is 12.1 Å². The first-order chi connectivity index (χ1) is 14.0. The number of carbonyl (C=O) groups excluding carboxylic acids is 1. The van der Waals surface area contributed by atoms with Gasteiger partial charge in [0, 0.05) is 5.92 Å². The van der Waals surface area contributed by atoms with E-state index in [0.717, 1.165) is 16.9 Å². The summed E-state index contributed by atoms with van der Waals surface area (Å²) in [5, 5.41) is 12.3. The number of rotatable bonds is 7. The standard InChI is InChI=1S/C23H26FNO4/c1-29-20-12-8-16(9-13-20)21(14-15-2-10-19(24)11-3-15)25-22(26)17-4-6-18(7-5-17)23(27)28/h2-3,8-13,17-18,21H,4-7,14H2,1H3,(H,25,26)(H,27,28). The molecule has 1 aliphatic rings. The minimum Gasteiger partial charge on any atom is -0.497 e. The van der Waals surface area contributed by atoms with E-state index in [0.29, 0.717) is 32.1 Å². The van der Waals surface area contributed by atoms with Crippen LogP contribution in [-0.4, -0.2) is 24.1 Å². The van der Waals surface area contributed by atoms with Crippen molar-refractivity contribution in [1.82, 2.24) is 5.32 Å².